The number of benzene rings is 3. The summed E-state index contributed by atoms with van der Waals surface area (Å²) in [5, 5.41) is 1.35. The van der Waals surface area contributed by atoms with E-state index in [1.165, 1.54) is 22.0 Å². The van der Waals surface area contributed by atoms with E-state index < -0.39 is 0 Å². The molecule has 6 rings (SSSR count). The van der Waals surface area contributed by atoms with Crippen LogP contribution >= 0.6 is 0 Å². The molecule has 0 saturated carbocycles. The number of ether oxygens (including phenoxy) is 1. The van der Waals surface area contributed by atoms with Gasteiger partial charge in [0.2, 0.25) is 0 Å². The number of fused-ring (bicyclic) bond motifs is 1. The van der Waals surface area contributed by atoms with Crippen LogP contribution in [-0.2, 0) is 17.8 Å². The van der Waals surface area contributed by atoms with Crippen LogP contribution in [0.5, 0.6) is 0 Å². The number of H-pyrrole nitrogens is 1. The monoisotopic (exact) mass is 564 g/mol. The van der Waals surface area contributed by atoms with Crippen molar-refractivity contribution in [3.05, 3.63) is 108 Å². The van der Waals surface area contributed by atoms with Crippen molar-refractivity contribution in [3.8, 4) is 0 Å². The molecule has 4 aromatic rings. The van der Waals surface area contributed by atoms with Crippen LogP contribution in [0.4, 0.5) is 4.79 Å². The van der Waals surface area contributed by atoms with Crippen molar-refractivity contribution in [3.63, 3.8) is 0 Å². The average molecular weight is 565 g/mol. The first-order valence-corrected chi connectivity index (χ1v) is 15.7. The van der Waals surface area contributed by atoms with Gasteiger partial charge in [-0.2, -0.15) is 0 Å². The predicted molar refractivity (Wildman–Crippen MR) is 170 cm³/mol. The second-order valence-electron chi connectivity index (χ2n) is 12.0. The van der Waals surface area contributed by atoms with Gasteiger partial charge in [-0.1, -0.05) is 78.9 Å². The van der Waals surface area contributed by atoms with Crippen molar-refractivity contribution in [2.24, 2.45) is 5.92 Å². The molecule has 2 aliphatic rings. The Labute approximate surface area is 250 Å². The van der Waals surface area contributed by atoms with E-state index in [-0.39, 0.29) is 12.1 Å². The summed E-state index contributed by atoms with van der Waals surface area (Å²) in [6, 6.07) is 29.9. The van der Waals surface area contributed by atoms with Crippen LogP contribution in [0.15, 0.2) is 91.1 Å². The second kappa shape index (κ2) is 13.6. The lowest BCUT2D eigenvalue weighted by Gasteiger charge is -2.39. The number of carbonyl (C=O) groups is 1. The van der Waals surface area contributed by atoms with Crippen LogP contribution in [0, 0.1) is 5.92 Å². The van der Waals surface area contributed by atoms with Crippen molar-refractivity contribution in [2.45, 2.75) is 44.8 Å². The van der Waals surface area contributed by atoms with Gasteiger partial charge in [0.05, 0.1) is 0 Å². The maximum Gasteiger partial charge on any atom is 0.410 e. The Morgan fingerprint density at radius 3 is 2.38 bits per heavy atom. The number of piperidine rings is 1. The van der Waals surface area contributed by atoms with E-state index in [1.807, 2.05) is 35.2 Å². The summed E-state index contributed by atoms with van der Waals surface area (Å²) in [4.78, 5) is 23.6. The molecule has 2 atom stereocenters. The normalized spacial score (nSPS) is 20.2. The quantitative estimate of drug-likeness (QED) is 0.237. The maximum atomic E-state index is 12.9. The van der Waals surface area contributed by atoms with Crippen LogP contribution in [0.1, 0.15) is 42.4 Å². The first-order valence-electron chi connectivity index (χ1n) is 15.7. The maximum absolute atomic E-state index is 12.9. The van der Waals surface area contributed by atoms with Gasteiger partial charge in [0.15, 0.2) is 0 Å². The smallest absolute Gasteiger partial charge is 0.410 e. The minimum atomic E-state index is -0.189. The number of rotatable bonds is 10. The molecule has 1 aromatic heterocycles. The van der Waals surface area contributed by atoms with Crippen LogP contribution in [0.25, 0.3) is 10.9 Å². The molecule has 3 heterocycles. The summed E-state index contributed by atoms with van der Waals surface area (Å²) in [5.74, 6) is 1.15. The predicted octanol–water partition coefficient (Wildman–Crippen LogP) is 6.55. The van der Waals surface area contributed by atoms with Gasteiger partial charge in [-0.3, -0.25) is 0 Å². The number of nitrogens with one attached hydrogen (secondary N) is 1. The molecule has 42 heavy (non-hydrogen) atoms. The molecular formula is C36H44N4O2. The number of likely N-dealkylation sites (tertiary alicyclic amines) is 2. The van der Waals surface area contributed by atoms with Crippen molar-refractivity contribution in [2.75, 3.05) is 45.8 Å². The molecular weight excluding hydrogens is 520 g/mol. The molecule has 6 nitrogen and oxygen atoms in total. The van der Waals surface area contributed by atoms with Gasteiger partial charge in [-0.15, -0.1) is 0 Å². The summed E-state index contributed by atoms with van der Waals surface area (Å²) in [6.07, 6.45) is 5.07. The fraction of sp³-hybridized carbons (Fsp3) is 0.417. The third-order valence-electron chi connectivity index (χ3n) is 9.39. The second-order valence-corrected chi connectivity index (χ2v) is 12.0. The van der Waals surface area contributed by atoms with E-state index in [4.69, 9.17) is 4.74 Å². The highest BCUT2D eigenvalue weighted by molar-refractivity contribution is 5.83. The number of aromatic amines is 1. The topological polar surface area (TPSA) is 51.8 Å². The van der Waals surface area contributed by atoms with Crippen LogP contribution in [0.3, 0.4) is 0 Å². The van der Waals surface area contributed by atoms with Crippen molar-refractivity contribution < 1.29 is 9.53 Å². The Morgan fingerprint density at radius 2 is 1.62 bits per heavy atom. The third-order valence-corrected chi connectivity index (χ3v) is 9.39. The number of para-hydroxylation sites is 1. The van der Waals surface area contributed by atoms with E-state index in [0.717, 1.165) is 64.1 Å². The van der Waals surface area contributed by atoms with Crippen molar-refractivity contribution in [1.29, 1.82) is 0 Å². The molecule has 2 saturated heterocycles. The molecule has 3 aromatic carbocycles. The van der Waals surface area contributed by atoms with Gasteiger partial charge in [-0.05, 0) is 54.9 Å². The zero-order valence-electron chi connectivity index (χ0n) is 24.8. The summed E-state index contributed by atoms with van der Waals surface area (Å²) in [5.41, 5.74) is 5.13. The van der Waals surface area contributed by atoms with Crippen LogP contribution < -0.4 is 0 Å². The summed E-state index contributed by atoms with van der Waals surface area (Å²) in [7, 11) is 0. The number of hydrogen-bond acceptors (Lipinski definition) is 4. The minimum absolute atomic E-state index is 0.189. The molecule has 0 unspecified atom stereocenters. The van der Waals surface area contributed by atoms with Crippen molar-refractivity contribution >= 4 is 17.0 Å². The molecule has 2 aliphatic heterocycles. The fourth-order valence-corrected chi connectivity index (χ4v) is 7.11. The number of amides is 1. The standard InChI is InChI=1S/C36H44N4O2/c1-2-40(36(41)42-27-28-11-5-3-6-12-28)32-18-21-38(22-19-32)24-31-25-39(26-34(31)29-13-7-4-8-14-29)20-17-30-23-37-35-16-10-9-15-33(30)35/h3-16,23,31-32,34,37H,2,17-22,24-27H2,1H3/t31-,34+/m0/s1. The molecule has 1 N–H and O–H groups in total. The first kappa shape index (κ1) is 28.5. The van der Waals surface area contributed by atoms with E-state index in [0.29, 0.717) is 25.0 Å². The molecule has 220 valence electrons. The lowest BCUT2D eigenvalue weighted by atomic mass is 9.88. The van der Waals surface area contributed by atoms with Crippen LogP contribution in [-0.4, -0.2) is 77.6 Å². The molecule has 0 radical (unpaired) electrons. The highest BCUT2D eigenvalue weighted by Gasteiger charge is 2.36. The van der Waals surface area contributed by atoms with Crippen molar-refractivity contribution in [1.82, 2.24) is 19.7 Å². The molecule has 2 fully saturated rings. The Kier molecular flexibility index (Phi) is 9.21. The van der Waals surface area contributed by atoms with E-state index in [2.05, 4.69) is 82.5 Å². The Balaban J connectivity index is 1.04. The SMILES string of the molecule is CCN(C(=O)OCc1ccccc1)C1CCN(C[C@H]2CN(CCc3c[nH]c4ccccc34)C[C@@H]2c2ccccc2)CC1. The van der Waals surface area contributed by atoms with E-state index >= 15 is 0 Å². The van der Waals surface area contributed by atoms with E-state index in [1.54, 1.807) is 0 Å². The molecule has 0 spiro atoms. The number of carbonyl (C=O) groups excluding carboxylic acids is 1. The van der Waals surface area contributed by atoms with Crippen LogP contribution in [0.2, 0.25) is 0 Å². The fourth-order valence-electron chi connectivity index (χ4n) is 7.11. The highest BCUT2D eigenvalue weighted by Crippen LogP contribution is 2.34. The summed E-state index contributed by atoms with van der Waals surface area (Å²) >= 11 is 0. The minimum Gasteiger partial charge on any atom is -0.445 e. The molecule has 6 heteroatoms. The van der Waals surface area contributed by atoms with Gasteiger partial charge < -0.3 is 24.4 Å². The Bertz CT molecular complexity index is 1410. The first-order chi connectivity index (χ1) is 20.7. The van der Waals surface area contributed by atoms with Gasteiger partial charge in [0.25, 0.3) is 0 Å². The highest BCUT2D eigenvalue weighted by atomic mass is 16.6. The van der Waals surface area contributed by atoms with Gasteiger partial charge in [-0.25, -0.2) is 4.79 Å². The van der Waals surface area contributed by atoms with Gasteiger partial charge in [0, 0.05) is 74.9 Å². The third kappa shape index (κ3) is 6.71. The average Bonchev–Trinajstić information content (AvgIpc) is 3.65. The Hall–Kier alpha value is -3.61. The number of aromatic nitrogens is 1. The lowest BCUT2D eigenvalue weighted by Crippen LogP contribution is -2.48. The Morgan fingerprint density at radius 1 is 0.905 bits per heavy atom. The lowest BCUT2D eigenvalue weighted by molar-refractivity contribution is 0.0604. The molecule has 1 amide bonds. The summed E-state index contributed by atoms with van der Waals surface area (Å²) < 4.78 is 5.68. The van der Waals surface area contributed by atoms with Gasteiger partial charge in [0.1, 0.15) is 6.61 Å². The largest absolute Gasteiger partial charge is 0.445 e. The molecule has 0 aliphatic carbocycles. The number of nitrogens with zero attached hydrogens (tertiary/aromatic N) is 3. The zero-order valence-corrected chi connectivity index (χ0v) is 24.8. The summed E-state index contributed by atoms with van der Waals surface area (Å²) in [6.45, 7) is 9.57. The van der Waals surface area contributed by atoms with Gasteiger partial charge >= 0.3 is 6.09 Å². The molecule has 0 bridgehead atoms. The number of hydrogen-bond donors (Lipinski definition) is 1. The van der Waals surface area contributed by atoms with E-state index in [9.17, 15) is 4.79 Å². The zero-order chi connectivity index (χ0) is 28.7.